The molecular weight excluding hydrogens is 272 g/mol. The normalized spacial score (nSPS) is 14.6. The summed E-state index contributed by atoms with van der Waals surface area (Å²) in [6.45, 7) is 3.02. The molecule has 1 aromatic carbocycles. The van der Waals surface area contributed by atoms with Crippen molar-refractivity contribution in [2.75, 3.05) is 24.7 Å². The van der Waals surface area contributed by atoms with Crippen LogP contribution in [-0.2, 0) is 0 Å². The Hall–Kier alpha value is -1.82. The van der Waals surface area contributed by atoms with Crippen molar-refractivity contribution in [2.45, 2.75) is 38.6 Å². The van der Waals surface area contributed by atoms with Gasteiger partial charge >= 0.3 is 5.69 Å². The van der Waals surface area contributed by atoms with Crippen molar-refractivity contribution in [3.63, 3.8) is 0 Å². The van der Waals surface area contributed by atoms with Gasteiger partial charge in [-0.15, -0.1) is 0 Å². The molecule has 0 bridgehead atoms. The van der Waals surface area contributed by atoms with Gasteiger partial charge in [-0.2, -0.15) is 0 Å². The Labute approximate surface area is 124 Å². The summed E-state index contributed by atoms with van der Waals surface area (Å²) in [6.07, 6.45) is 4.19. The second kappa shape index (κ2) is 7.26. The molecule has 2 rings (SSSR count). The van der Waals surface area contributed by atoms with Crippen molar-refractivity contribution in [2.24, 2.45) is 0 Å². The fourth-order valence-electron chi connectivity index (χ4n) is 2.49. The van der Waals surface area contributed by atoms with Gasteiger partial charge in [0.1, 0.15) is 0 Å². The Morgan fingerprint density at radius 3 is 2.76 bits per heavy atom. The van der Waals surface area contributed by atoms with E-state index in [4.69, 9.17) is 4.74 Å². The van der Waals surface area contributed by atoms with Gasteiger partial charge in [-0.05, 0) is 31.7 Å². The number of aliphatic hydroxyl groups excluding tert-OH is 1. The highest BCUT2D eigenvalue weighted by Gasteiger charge is 2.26. The number of rotatable bonds is 8. The Balaban J connectivity index is 2.27. The third-order valence-corrected chi connectivity index (χ3v) is 3.79. The molecule has 0 aromatic heterocycles. The Morgan fingerprint density at radius 2 is 2.24 bits per heavy atom. The summed E-state index contributed by atoms with van der Waals surface area (Å²) >= 11 is 0. The lowest BCUT2D eigenvalue weighted by molar-refractivity contribution is -0.385. The fraction of sp³-hybridized carbons (Fsp3) is 0.600. The predicted molar refractivity (Wildman–Crippen MR) is 81.0 cm³/mol. The Kier molecular flexibility index (Phi) is 5.38. The highest BCUT2D eigenvalue weighted by molar-refractivity contribution is 5.60. The molecule has 1 aliphatic rings. The molecule has 21 heavy (non-hydrogen) atoms. The van der Waals surface area contributed by atoms with Crippen LogP contribution in [-0.4, -0.2) is 35.8 Å². The molecule has 0 unspecified atom stereocenters. The standard InChI is InChI=1S/C15H22N2O4/c1-2-10-21-15-11-13(6-7-14(15)17(19)20)16(8-9-18)12-4-3-5-12/h6-7,11-12,18H,2-5,8-10H2,1H3. The van der Waals surface area contributed by atoms with Crippen molar-refractivity contribution in [3.05, 3.63) is 28.3 Å². The third-order valence-electron chi connectivity index (χ3n) is 3.79. The maximum absolute atomic E-state index is 11.1. The molecule has 1 saturated carbocycles. The van der Waals surface area contributed by atoms with Crippen LogP contribution < -0.4 is 9.64 Å². The quantitative estimate of drug-likeness (QED) is 0.589. The van der Waals surface area contributed by atoms with Crippen LogP contribution in [0.2, 0.25) is 0 Å². The van der Waals surface area contributed by atoms with Gasteiger partial charge < -0.3 is 14.7 Å². The molecule has 0 aliphatic heterocycles. The SMILES string of the molecule is CCCOc1cc(N(CCO)C2CCC2)ccc1[N+](=O)[O-]. The Morgan fingerprint density at radius 1 is 1.48 bits per heavy atom. The molecule has 0 saturated heterocycles. The number of nitrogens with zero attached hydrogens (tertiary/aromatic N) is 2. The van der Waals surface area contributed by atoms with Crippen molar-refractivity contribution in [1.82, 2.24) is 0 Å². The molecule has 1 aliphatic carbocycles. The summed E-state index contributed by atoms with van der Waals surface area (Å²) in [5.74, 6) is 0.307. The lowest BCUT2D eigenvalue weighted by Crippen LogP contribution is -2.41. The first kappa shape index (κ1) is 15.6. The van der Waals surface area contributed by atoms with Gasteiger partial charge in [0.05, 0.1) is 18.1 Å². The van der Waals surface area contributed by atoms with Crippen LogP contribution in [0, 0.1) is 10.1 Å². The number of nitro groups is 1. The topological polar surface area (TPSA) is 75.8 Å². The van der Waals surface area contributed by atoms with Crippen molar-refractivity contribution < 1.29 is 14.8 Å². The van der Waals surface area contributed by atoms with Crippen LogP contribution in [0.15, 0.2) is 18.2 Å². The number of benzene rings is 1. The van der Waals surface area contributed by atoms with Crippen LogP contribution in [0.3, 0.4) is 0 Å². The predicted octanol–water partition coefficient (Wildman–Crippen LogP) is 2.73. The molecule has 0 radical (unpaired) electrons. The molecular formula is C15H22N2O4. The summed E-state index contributed by atoms with van der Waals surface area (Å²) in [4.78, 5) is 12.8. The van der Waals surface area contributed by atoms with E-state index in [-0.39, 0.29) is 12.3 Å². The molecule has 6 nitrogen and oxygen atoms in total. The zero-order valence-electron chi connectivity index (χ0n) is 12.3. The number of aliphatic hydroxyl groups is 1. The maximum atomic E-state index is 11.1. The lowest BCUT2D eigenvalue weighted by atomic mass is 9.91. The van der Waals surface area contributed by atoms with Gasteiger partial charge in [-0.25, -0.2) is 0 Å². The average Bonchev–Trinajstić information content (AvgIpc) is 2.42. The van der Waals surface area contributed by atoms with E-state index in [9.17, 15) is 15.2 Å². The molecule has 6 heteroatoms. The third kappa shape index (κ3) is 3.64. The minimum Gasteiger partial charge on any atom is -0.487 e. The summed E-state index contributed by atoms with van der Waals surface area (Å²) in [7, 11) is 0. The molecule has 0 atom stereocenters. The first-order valence-corrected chi connectivity index (χ1v) is 7.46. The van der Waals surface area contributed by atoms with E-state index >= 15 is 0 Å². The highest BCUT2D eigenvalue weighted by Crippen LogP contribution is 2.35. The fourth-order valence-corrected chi connectivity index (χ4v) is 2.49. The van der Waals surface area contributed by atoms with E-state index < -0.39 is 4.92 Å². The van der Waals surface area contributed by atoms with Gasteiger partial charge in [0.2, 0.25) is 0 Å². The van der Waals surface area contributed by atoms with E-state index in [1.807, 2.05) is 6.92 Å². The van der Waals surface area contributed by atoms with Crippen LogP contribution in [0.25, 0.3) is 0 Å². The maximum Gasteiger partial charge on any atom is 0.311 e. The van der Waals surface area contributed by atoms with Gasteiger partial charge in [-0.3, -0.25) is 10.1 Å². The molecule has 0 amide bonds. The molecule has 116 valence electrons. The minimum absolute atomic E-state index is 0.00948. The van der Waals surface area contributed by atoms with E-state index in [0.29, 0.717) is 24.9 Å². The number of ether oxygens (including phenoxy) is 1. The van der Waals surface area contributed by atoms with Crippen LogP contribution in [0.4, 0.5) is 11.4 Å². The van der Waals surface area contributed by atoms with Gasteiger partial charge in [0.25, 0.3) is 0 Å². The smallest absolute Gasteiger partial charge is 0.311 e. The number of hydrogen-bond donors (Lipinski definition) is 1. The van der Waals surface area contributed by atoms with Crippen LogP contribution >= 0.6 is 0 Å². The van der Waals surface area contributed by atoms with Crippen molar-refractivity contribution >= 4 is 11.4 Å². The number of hydrogen-bond acceptors (Lipinski definition) is 5. The molecule has 1 fully saturated rings. The van der Waals surface area contributed by atoms with Gasteiger partial charge in [0, 0.05) is 30.4 Å². The van der Waals surface area contributed by atoms with Crippen LogP contribution in [0.5, 0.6) is 5.75 Å². The lowest BCUT2D eigenvalue weighted by Gasteiger charge is -2.39. The second-order valence-electron chi connectivity index (χ2n) is 5.26. The second-order valence-corrected chi connectivity index (χ2v) is 5.26. The molecule has 1 N–H and O–H groups in total. The van der Waals surface area contributed by atoms with E-state index in [1.165, 1.54) is 12.5 Å². The molecule has 0 heterocycles. The largest absolute Gasteiger partial charge is 0.487 e. The Bertz CT molecular complexity index is 489. The summed E-state index contributed by atoms with van der Waals surface area (Å²) in [5.41, 5.74) is 0.871. The highest BCUT2D eigenvalue weighted by atomic mass is 16.6. The first-order valence-electron chi connectivity index (χ1n) is 7.46. The number of nitro benzene ring substituents is 1. The monoisotopic (exact) mass is 294 g/mol. The minimum atomic E-state index is -0.422. The average molecular weight is 294 g/mol. The van der Waals surface area contributed by atoms with Gasteiger partial charge in [0.15, 0.2) is 5.75 Å². The zero-order chi connectivity index (χ0) is 15.2. The summed E-state index contributed by atoms with van der Waals surface area (Å²) < 4.78 is 5.52. The van der Waals surface area contributed by atoms with Crippen LogP contribution in [0.1, 0.15) is 32.6 Å². The van der Waals surface area contributed by atoms with Crippen molar-refractivity contribution in [1.29, 1.82) is 0 Å². The molecule has 1 aromatic rings. The number of anilines is 1. The van der Waals surface area contributed by atoms with E-state index in [2.05, 4.69) is 4.90 Å². The molecule has 0 spiro atoms. The van der Waals surface area contributed by atoms with E-state index in [0.717, 1.165) is 24.9 Å². The van der Waals surface area contributed by atoms with Gasteiger partial charge in [-0.1, -0.05) is 6.92 Å². The first-order chi connectivity index (χ1) is 10.2. The zero-order valence-corrected chi connectivity index (χ0v) is 12.3. The summed E-state index contributed by atoms with van der Waals surface area (Å²) in [6, 6.07) is 5.37. The van der Waals surface area contributed by atoms with Crippen molar-refractivity contribution in [3.8, 4) is 5.75 Å². The van der Waals surface area contributed by atoms with E-state index in [1.54, 1.807) is 12.1 Å². The summed E-state index contributed by atoms with van der Waals surface area (Å²) in [5, 5.41) is 20.3.